The molecule has 0 spiro atoms. The number of anilines is 2. The Morgan fingerprint density at radius 2 is 2.06 bits per heavy atom. The Kier molecular flexibility index (Phi) is 5.78. The zero-order valence-corrected chi connectivity index (χ0v) is 11.7. The molecule has 0 bridgehead atoms. The van der Waals surface area contributed by atoms with Gasteiger partial charge in [-0.2, -0.15) is 0 Å². The summed E-state index contributed by atoms with van der Waals surface area (Å²) in [5.74, 6) is 1.15. The number of para-hydroxylation sites is 1. The molecular weight excluding hydrogens is 228 g/mol. The van der Waals surface area contributed by atoms with E-state index in [0.29, 0.717) is 24.0 Å². The van der Waals surface area contributed by atoms with E-state index in [1.165, 1.54) is 0 Å². The quantitative estimate of drug-likeness (QED) is 0.733. The molecule has 0 aromatic heterocycles. The van der Waals surface area contributed by atoms with Crippen LogP contribution in [0.15, 0.2) is 18.2 Å². The summed E-state index contributed by atoms with van der Waals surface area (Å²) in [6, 6.07) is 5.97. The first kappa shape index (κ1) is 14.6. The Balaban J connectivity index is 2.80. The molecule has 4 heteroatoms. The standard InChI is InChI=1S/C14H24N2O2/c1-5-18-9-12(10(2)3)16-11-7-6-8-13(17-4)14(11)15/h6-8,10,12,16H,5,9,15H2,1-4H3. The largest absolute Gasteiger partial charge is 0.495 e. The first-order chi connectivity index (χ1) is 8.60. The van der Waals surface area contributed by atoms with Gasteiger partial charge in [-0.1, -0.05) is 19.9 Å². The average Bonchev–Trinajstić information content (AvgIpc) is 2.36. The number of hydrogen-bond acceptors (Lipinski definition) is 4. The number of methoxy groups -OCH3 is 1. The van der Waals surface area contributed by atoms with Gasteiger partial charge in [0, 0.05) is 6.61 Å². The van der Waals surface area contributed by atoms with Crippen LogP contribution in [0.2, 0.25) is 0 Å². The Morgan fingerprint density at radius 1 is 1.33 bits per heavy atom. The second-order valence-electron chi connectivity index (χ2n) is 4.58. The highest BCUT2D eigenvalue weighted by atomic mass is 16.5. The Morgan fingerprint density at radius 3 is 2.61 bits per heavy atom. The number of hydrogen-bond donors (Lipinski definition) is 2. The molecule has 0 amide bonds. The second kappa shape index (κ2) is 7.11. The molecule has 4 nitrogen and oxygen atoms in total. The van der Waals surface area contributed by atoms with Crippen molar-refractivity contribution in [2.75, 3.05) is 31.4 Å². The summed E-state index contributed by atoms with van der Waals surface area (Å²) in [6.45, 7) is 7.71. The first-order valence-corrected chi connectivity index (χ1v) is 6.36. The molecule has 0 saturated carbocycles. The summed E-state index contributed by atoms with van der Waals surface area (Å²) in [5, 5.41) is 3.43. The van der Waals surface area contributed by atoms with Crippen LogP contribution in [0.5, 0.6) is 5.75 Å². The van der Waals surface area contributed by atoms with E-state index in [9.17, 15) is 0 Å². The smallest absolute Gasteiger partial charge is 0.143 e. The van der Waals surface area contributed by atoms with E-state index in [0.717, 1.165) is 12.3 Å². The van der Waals surface area contributed by atoms with E-state index in [2.05, 4.69) is 19.2 Å². The Labute approximate surface area is 109 Å². The molecule has 3 N–H and O–H groups in total. The third-order valence-corrected chi connectivity index (χ3v) is 2.93. The average molecular weight is 252 g/mol. The molecule has 1 aromatic carbocycles. The predicted molar refractivity (Wildman–Crippen MR) is 76.1 cm³/mol. The maximum Gasteiger partial charge on any atom is 0.143 e. The van der Waals surface area contributed by atoms with Gasteiger partial charge in [-0.15, -0.1) is 0 Å². The minimum Gasteiger partial charge on any atom is -0.495 e. The lowest BCUT2D eigenvalue weighted by Gasteiger charge is -2.24. The topological polar surface area (TPSA) is 56.5 Å². The molecule has 1 aromatic rings. The van der Waals surface area contributed by atoms with Crippen molar-refractivity contribution in [2.24, 2.45) is 5.92 Å². The Hall–Kier alpha value is -1.42. The minimum absolute atomic E-state index is 0.236. The third-order valence-electron chi connectivity index (χ3n) is 2.93. The molecule has 0 heterocycles. The van der Waals surface area contributed by atoms with Gasteiger partial charge >= 0.3 is 0 Å². The molecule has 0 aliphatic carbocycles. The summed E-state index contributed by atoms with van der Waals surface area (Å²) in [7, 11) is 1.62. The SMILES string of the molecule is CCOCC(Nc1cccc(OC)c1N)C(C)C. The molecule has 1 unspecified atom stereocenters. The van der Waals surface area contributed by atoms with Crippen molar-refractivity contribution in [2.45, 2.75) is 26.8 Å². The number of nitrogens with two attached hydrogens (primary N) is 1. The van der Waals surface area contributed by atoms with E-state index in [-0.39, 0.29) is 6.04 Å². The molecule has 102 valence electrons. The van der Waals surface area contributed by atoms with Gasteiger partial charge < -0.3 is 20.5 Å². The number of benzene rings is 1. The molecule has 0 aliphatic rings. The highest BCUT2D eigenvalue weighted by molar-refractivity contribution is 5.73. The zero-order chi connectivity index (χ0) is 13.5. The molecule has 0 saturated heterocycles. The summed E-state index contributed by atoms with van der Waals surface area (Å²) in [6.07, 6.45) is 0. The van der Waals surface area contributed by atoms with E-state index in [4.69, 9.17) is 15.2 Å². The van der Waals surface area contributed by atoms with Gasteiger partial charge in [0.15, 0.2) is 0 Å². The predicted octanol–water partition coefficient (Wildman–Crippen LogP) is 2.75. The van der Waals surface area contributed by atoms with Gasteiger partial charge in [0.1, 0.15) is 5.75 Å². The summed E-state index contributed by atoms with van der Waals surface area (Å²) >= 11 is 0. The van der Waals surface area contributed by atoms with Crippen molar-refractivity contribution >= 4 is 11.4 Å². The summed E-state index contributed by atoms with van der Waals surface area (Å²) in [4.78, 5) is 0. The van der Waals surface area contributed by atoms with Crippen LogP contribution in [-0.4, -0.2) is 26.4 Å². The van der Waals surface area contributed by atoms with Crippen molar-refractivity contribution in [1.29, 1.82) is 0 Å². The fraction of sp³-hybridized carbons (Fsp3) is 0.571. The van der Waals surface area contributed by atoms with E-state index in [1.54, 1.807) is 7.11 Å². The molecule has 18 heavy (non-hydrogen) atoms. The number of rotatable bonds is 7. The monoisotopic (exact) mass is 252 g/mol. The molecule has 0 fully saturated rings. The molecule has 1 atom stereocenters. The third kappa shape index (κ3) is 3.81. The molecular formula is C14H24N2O2. The highest BCUT2D eigenvalue weighted by Gasteiger charge is 2.15. The van der Waals surface area contributed by atoms with Crippen molar-refractivity contribution < 1.29 is 9.47 Å². The first-order valence-electron chi connectivity index (χ1n) is 6.36. The lowest BCUT2D eigenvalue weighted by Crippen LogP contribution is -2.31. The van der Waals surface area contributed by atoms with E-state index in [1.807, 2.05) is 25.1 Å². The number of nitrogen functional groups attached to an aromatic ring is 1. The van der Waals surface area contributed by atoms with Crippen LogP contribution in [0.25, 0.3) is 0 Å². The van der Waals surface area contributed by atoms with Crippen LogP contribution in [-0.2, 0) is 4.74 Å². The van der Waals surface area contributed by atoms with Crippen LogP contribution >= 0.6 is 0 Å². The van der Waals surface area contributed by atoms with Crippen LogP contribution in [0.3, 0.4) is 0 Å². The van der Waals surface area contributed by atoms with Gasteiger partial charge in [0.2, 0.25) is 0 Å². The van der Waals surface area contributed by atoms with Gasteiger partial charge in [-0.25, -0.2) is 0 Å². The van der Waals surface area contributed by atoms with Crippen molar-refractivity contribution in [3.8, 4) is 5.75 Å². The lowest BCUT2D eigenvalue weighted by atomic mass is 10.0. The van der Waals surface area contributed by atoms with Gasteiger partial charge in [0.05, 0.1) is 31.1 Å². The highest BCUT2D eigenvalue weighted by Crippen LogP contribution is 2.30. The van der Waals surface area contributed by atoms with Gasteiger partial charge in [-0.05, 0) is 25.0 Å². The van der Waals surface area contributed by atoms with Crippen LogP contribution < -0.4 is 15.8 Å². The second-order valence-corrected chi connectivity index (χ2v) is 4.58. The van der Waals surface area contributed by atoms with E-state index < -0.39 is 0 Å². The van der Waals surface area contributed by atoms with Crippen molar-refractivity contribution in [3.05, 3.63) is 18.2 Å². The van der Waals surface area contributed by atoms with Gasteiger partial charge in [-0.3, -0.25) is 0 Å². The zero-order valence-electron chi connectivity index (χ0n) is 11.7. The maximum absolute atomic E-state index is 6.04. The minimum atomic E-state index is 0.236. The van der Waals surface area contributed by atoms with Crippen LogP contribution in [0.4, 0.5) is 11.4 Å². The van der Waals surface area contributed by atoms with Crippen LogP contribution in [0, 0.1) is 5.92 Å². The van der Waals surface area contributed by atoms with E-state index >= 15 is 0 Å². The van der Waals surface area contributed by atoms with Crippen molar-refractivity contribution in [1.82, 2.24) is 0 Å². The Bertz CT molecular complexity index is 367. The summed E-state index contributed by atoms with van der Waals surface area (Å²) in [5.41, 5.74) is 7.58. The fourth-order valence-corrected chi connectivity index (χ4v) is 1.69. The van der Waals surface area contributed by atoms with Gasteiger partial charge in [0.25, 0.3) is 0 Å². The van der Waals surface area contributed by atoms with Crippen LogP contribution in [0.1, 0.15) is 20.8 Å². The fourth-order valence-electron chi connectivity index (χ4n) is 1.69. The summed E-state index contributed by atoms with van der Waals surface area (Å²) < 4.78 is 10.7. The lowest BCUT2D eigenvalue weighted by molar-refractivity contribution is 0.127. The van der Waals surface area contributed by atoms with Crippen molar-refractivity contribution in [3.63, 3.8) is 0 Å². The number of nitrogens with one attached hydrogen (secondary N) is 1. The maximum atomic E-state index is 6.04. The molecule has 0 radical (unpaired) electrons. The molecule has 1 rings (SSSR count). The molecule has 0 aliphatic heterocycles. The number of ether oxygens (including phenoxy) is 2. The normalized spacial score (nSPS) is 12.5.